The molecule has 0 heterocycles. The molecule has 0 bridgehead atoms. The summed E-state index contributed by atoms with van der Waals surface area (Å²) in [6.45, 7) is 12.7. The quantitative estimate of drug-likeness (QED) is 0.668. The molecule has 1 rings (SSSR count). The van der Waals surface area contributed by atoms with Crippen molar-refractivity contribution >= 4 is 5.97 Å². The third-order valence-electron chi connectivity index (χ3n) is 4.27. The van der Waals surface area contributed by atoms with Crippen molar-refractivity contribution in [3.8, 4) is 0 Å². The van der Waals surface area contributed by atoms with Gasteiger partial charge in [0.2, 0.25) is 0 Å². The average molecular weight is 212 g/mol. The Kier molecular flexibility index (Phi) is 3.18. The molecule has 1 unspecified atom stereocenters. The van der Waals surface area contributed by atoms with Gasteiger partial charge in [-0.1, -0.05) is 41.0 Å². The van der Waals surface area contributed by atoms with E-state index in [1.165, 1.54) is 0 Å². The third-order valence-corrected chi connectivity index (χ3v) is 4.27. The summed E-state index contributed by atoms with van der Waals surface area (Å²) in [6, 6.07) is 0. The molecule has 1 aliphatic rings. The first-order valence-corrected chi connectivity index (χ1v) is 5.95. The summed E-state index contributed by atoms with van der Waals surface area (Å²) < 4.78 is 5.45. The van der Waals surface area contributed by atoms with Crippen LogP contribution in [-0.2, 0) is 9.53 Å². The smallest absolute Gasteiger partial charge is 0.310 e. The van der Waals surface area contributed by atoms with Crippen LogP contribution in [0.5, 0.6) is 0 Å². The van der Waals surface area contributed by atoms with Crippen LogP contribution in [-0.4, -0.2) is 12.1 Å². The minimum Gasteiger partial charge on any atom is -0.462 e. The minimum absolute atomic E-state index is 0.00838. The van der Waals surface area contributed by atoms with Crippen molar-refractivity contribution < 1.29 is 9.53 Å². The number of carbonyl (C=O) groups is 1. The molecule has 1 aliphatic carbocycles. The summed E-state index contributed by atoms with van der Waals surface area (Å²) in [4.78, 5) is 11.9. The second-order valence-electron chi connectivity index (χ2n) is 5.91. The Bertz CT molecular complexity index is 239. The van der Waals surface area contributed by atoms with Gasteiger partial charge in [-0.2, -0.15) is 0 Å². The normalized spacial score (nSPS) is 24.7. The standard InChI is InChI=1S/C13H24O2/c1-7-8-9(2)15-11(14)10-12(3,4)13(10,5)6/h9-10H,7-8H2,1-6H3. The Balaban J connectivity index is 2.51. The molecule has 0 saturated heterocycles. The first-order chi connectivity index (χ1) is 6.75. The highest BCUT2D eigenvalue weighted by molar-refractivity contribution is 5.78. The van der Waals surface area contributed by atoms with Gasteiger partial charge < -0.3 is 4.74 Å². The van der Waals surface area contributed by atoms with E-state index in [1.807, 2.05) is 6.92 Å². The fraction of sp³-hybridized carbons (Fsp3) is 0.923. The Hall–Kier alpha value is -0.530. The van der Waals surface area contributed by atoms with Gasteiger partial charge in [0.15, 0.2) is 0 Å². The van der Waals surface area contributed by atoms with Gasteiger partial charge in [0, 0.05) is 0 Å². The summed E-state index contributed by atoms with van der Waals surface area (Å²) in [5.41, 5.74) is 0.187. The first kappa shape index (κ1) is 12.5. The number of esters is 1. The van der Waals surface area contributed by atoms with E-state index in [-0.39, 0.29) is 28.8 Å². The van der Waals surface area contributed by atoms with Crippen molar-refractivity contribution in [2.24, 2.45) is 16.7 Å². The van der Waals surface area contributed by atoms with E-state index in [9.17, 15) is 4.79 Å². The highest BCUT2D eigenvalue weighted by Gasteiger charge is 2.69. The van der Waals surface area contributed by atoms with Crippen LogP contribution >= 0.6 is 0 Å². The van der Waals surface area contributed by atoms with Crippen molar-refractivity contribution in [3.63, 3.8) is 0 Å². The molecular formula is C13H24O2. The Morgan fingerprint density at radius 3 is 2.07 bits per heavy atom. The number of carbonyl (C=O) groups excluding carboxylic acids is 1. The predicted octanol–water partition coefficient (Wildman–Crippen LogP) is 3.40. The molecule has 15 heavy (non-hydrogen) atoms. The van der Waals surface area contributed by atoms with Crippen molar-refractivity contribution in [2.75, 3.05) is 0 Å². The van der Waals surface area contributed by atoms with E-state index in [0.29, 0.717) is 0 Å². The van der Waals surface area contributed by atoms with Crippen LogP contribution in [0, 0.1) is 16.7 Å². The fourth-order valence-electron chi connectivity index (χ4n) is 2.52. The Morgan fingerprint density at radius 2 is 1.73 bits per heavy atom. The maximum absolute atomic E-state index is 11.9. The Morgan fingerprint density at radius 1 is 1.27 bits per heavy atom. The zero-order chi connectivity index (χ0) is 11.9. The van der Waals surface area contributed by atoms with Gasteiger partial charge in [-0.15, -0.1) is 0 Å². The van der Waals surface area contributed by atoms with E-state index >= 15 is 0 Å². The molecular weight excluding hydrogens is 188 g/mol. The van der Waals surface area contributed by atoms with Gasteiger partial charge in [-0.25, -0.2) is 0 Å². The average Bonchev–Trinajstić information content (AvgIpc) is 2.42. The van der Waals surface area contributed by atoms with Crippen LogP contribution in [0.15, 0.2) is 0 Å². The molecule has 1 fully saturated rings. The van der Waals surface area contributed by atoms with Crippen LogP contribution in [0.1, 0.15) is 54.4 Å². The van der Waals surface area contributed by atoms with Gasteiger partial charge in [-0.05, 0) is 24.2 Å². The predicted molar refractivity (Wildman–Crippen MR) is 61.5 cm³/mol. The van der Waals surface area contributed by atoms with Crippen LogP contribution in [0.3, 0.4) is 0 Å². The van der Waals surface area contributed by atoms with E-state index < -0.39 is 0 Å². The van der Waals surface area contributed by atoms with Gasteiger partial charge in [0.05, 0.1) is 12.0 Å². The van der Waals surface area contributed by atoms with Crippen LogP contribution in [0.4, 0.5) is 0 Å². The second-order valence-corrected chi connectivity index (χ2v) is 5.91. The van der Waals surface area contributed by atoms with Crippen LogP contribution < -0.4 is 0 Å². The second kappa shape index (κ2) is 3.80. The van der Waals surface area contributed by atoms with Crippen molar-refractivity contribution in [1.29, 1.82) is 0 Å². The lowest BCUT2D eigenvalue weighted by Gasteiger charge is -2.12. The first-order valence-electron chi connectivity index (χ1n) is 5.95. The molecule has 1 atom stereocenters. The Labute approximate surface area is 93.4 Å². The number of rotatable bonds is 4. The van der Waals surface area contributed by atoms with Gasteiger partial charge in [0.25, 0.3) is 0 Å². The van der Waals surface area contributed by atoms with Crippen molar-refractivity contribution in [2.45, 2.75) is 60.5 Å². The molecule has 2 heteroatoms. The molecule has 0 radical (unpaired) electrons. The number of hydrogen-bond donors (Lipinski definition) is 0. The summed E-state index contributed by atoms with van der Waals surface area (Å²) in [5, 5.41) is 0. The van der Waals surface area contributed by atoms with Gasteiger partial charge in [-0.3, -0.25) is 4.79 Å². The van der Waals surface area contributed by atoms with Gasteiger partial charge in [0.1, 0.15) is 0 Å². The molecule has 2 nitrogen and oxygen atoms in total. The highest BCUT2D eigenvalue weighted by Crippen LogP contribution is 2.68. The minimum atomic E-state index is -0.00838. The fourth-order valence-corrected chi connectivity index (χ4v) is 2.52. The van der Waals surface area contributed by atoms with E-state index in [4.69, 9.17) is 4.74 Å². The molecule has 0 aromatic heterocycles. The SMILES string of the molecule is CCCC(C)OC(=O)C1C(C)(C)C1(C)C. The van der Waals surface area contributed by atoms with Crippen molar-refractivity contribution in [3.05, 3.63) is 0 Å². The molecule has 0 aromatic rings. The molecule has 0 amide bonds. The van der Waals surface area contributed by atoms with Crippen LogP contribution in [0.25, 0.3) is 0 Å². The van der Waals surface area contributed by atoms with Crippen LogP contribution in [0.2, 0.25) is 0 Å². The lowest BCUT2D eigenvalue weighted by molar-refractivity contribution is -0.151. The summed E-state index contributed by atoms with van der Waals surface area (Å²) in [5.74, 6) is 0.0651. The maximum atomic E-state index is 11.9. The van der Waals surface area contributed by atoms with Gasteiger partial charge >= 0.3 is 5.97 Å². The highest BCUT2D eigenvalue weighted by atomic mass is 16.5. The molecule has 0 N–H and O–H groups in total. The van der Waals surface area contributed by atoms with E-state index in [1.54, 1.807) is 0 Å². The van der Waals surface area contributed by atoms with E-state index in [2.05, 4.69) is 34.6 Å². The summed E-state index contributed by atoms with van der Waals surface area (Å²) in [6.07, 6.45) is 2.08. The molecule has 88 valence electrons. The molecule has 0 spiro atoms. The molecule has 1 saturated carbocycles. The molecule has 0 aromatic carbocycles. The summed E-state index contributed by atoms with van der Waals surface area (Å²) >= 11 is 0. The zero-order valence-corrected chi connectivity index (χ0v) is 10.9. The molecule has 0 aliphatic heterocycles. The number of hydrogen-bond acceptors (Lipinski definition) is 2. The maximum Gasteiger partial charge on any atom is 0.310 e. The monoisotopic (exact) mass is 212 g/mol. The number of ether oxygens (including phenoxy) is 1. The third kappa shape index (κ3) is 2.04. The lowest BCUT2D eigenvalue weighted by atomic mass is 10.0. The topological polar surface area (TPSA) is 26.3 Å². The lowest BCUT2D eigenvalue weighted by Crippen LogP contribution is -2.18. The van der Waals surface area contributed by atoms with E-state index in [0.717, 1.165) is 12.8 Å². The summed E-state index contributed by atoms with van der Waals surface area (Å²) in [7, 11) is 0. The largest absolute Gasteiger partial charge is 0.462 e. The zero-order valence-electron chi connectivity index (χ0n) is 10.9. The van der Waals surface area contributed by atoms with Crippen molar-refractivity contribution in [1.82, 2.24) is 0 Å².